The number of hydrogen-bond acceptors (Lipinski definition) is 2. The van der Waals surface area contributed by atoms with Crippen LogP contribution in [0.4, 0.5) is 0 Å². The Bertz CT molecular complexity index is 1140. The highest BCUT2D eigenvalue weighted by Gasteiger charge is 2.35. The second-order valence-corrected chi connectivity index (χ2v) is 11.0. The van der Waals surface area contributed by atoms with Gasteiger partial charge >= 0.3 is 0 Å². The van der Waals surface area contributed by atoms with Crippen LogP contribution in [0.3, 0.4) is 0 Å². The van der Waals surface area contributed by atoms with Gasteiger partial charge in [-0.25, -0.2) is 8.42 Å². The summed E-state index contributed by atoms with van der Waals surface area (Å²) in [5.74, 6) is 0. The summed E-state index contributed by atoms with van der Waals surface area (Å²) in [4.78, 5) is 0.481. The van der Waals surface area contributed by atoms with Crippen LogP contribution in [0.25, 0.3) is 0 Å². The van der Waals surface area contributed by atoms with Crippen LogP contribution in [0, 0.1) is 20.8 Å². The van der Waals surface area contributed by atoms with Gasteiger partial charge in [0.15, 0.2) is 0 Å². The Labute approximate surface area is 192 Å². The van der Waals surface area contributed by atoms with Gasteiger partial charge in [-0.3, -0.25) is 0 Å². The van der Waals surface area contributed by atoms with Crippen molar-refractivity contribution in [3.05, 3.63) is 88.7 Å². The van der Waals surface area contributed by atoms with Crippen LogP contribution >= 0.6 is 0 Å². The van der Waals surface area contributed by atoms with Crippen molar-refractivity contribution in [3.63, 3.8) is 0 Å². The van der Waals surface area contributed by atoms with Gasteiger partial charge in [-0.15, -0.1) is 0 Å². The van der Waals surface area contributed by atoms with E-state index in [0.29, 0.717) is 11.4 Å². The summed E-state index contributed by atoms with van der Waals surface area (Å²) in [6.45, 7) is 7.00. The molecule has 0 amide bonds. The predicted molar refractivity (Wildman–Crippen MR) is 130 cm³/mol. The average molecular weight is 451 g/mol. The summed E-state index contributed by atoms with van der Waals surface area (Å²) >= 11 is 0. The molecule has 2 aromatic carbocycles. The van der Waals surface area contributed by atoms with E-state index in [0.717, 1.165) is 54.6 Å². The van der Waals surface area contributed by atoms with Crippen molar-refractivity contribution in [1.82, 2.24) is 8.87 Å². The zero-order valence-electron chi connectivity index (χ0n) is 19.4. The van der Waals surface area contributed by atoms with Gasteiger partial charge in [-0.1, -0.05) is 67.3 Å². The van der Waals surface area contributed by atoms with Crippen LogP contribution in [-0.4, -0.2) is 23.3 Å². The second kappa shape index (κ2) is 9.63. The molecule has 0 N–H and O–H groups in total. The first kappa shape index (κ1) is 22.8. The van der Waals surface area contributed by atoms with Gasteiger partial charge in [0.05, 0.1) is 11.4 Å². The van der Waals surface area contributed by atoms with Gasteiger partial charge in [0, 0.05) is 24.5 Å². The molecule has 0 saturated heterocycles. The average Bonchev–Trinajstić information content (AvgIpc) is 3.19. The van der Waals surface area contributed by atoms with E-state index in [2.05, 4.69) is 29.0 Å². The van der Waals surface area contributed by atoms with Crippen LogP contribution in [0.1, 0.15) is 60.1 Å². The molecule has 32 heavy (non-hydrogen) atoms. The Balaban J connectivity index is 1.71. The van der Waals surface area contributed by atoms with Crippen LogP contribution in [-0.2, 0) is 23.1 Å². The number of aryl methyl sites for hydroxylation is 3. The Kier molecular flexibility index (Phi) is 6.87. The SMILES string of the molecule is Cc1cc(C)c(S(=O)(=O)N(Cc2cccn2Cc2ccccc2)C2CCCCC2)c(C)c1. The fraction of sp³-hybridized carbons (Fsp3) is 0.407. The lowest BCUT2D eigenvalue weighted by Crippen LogP contribution is -2.41. The van der Waals surface area contributed by atoms with Crippen molar-refractivity contribution in [2.24, 2.45) is 0 Å². The monoisotopic (exact) mass is 450 g/mol. The Hall–Kier alpha value is -2.37. The van der Waals surface area contributed by atoms with Gasteiger partial charge in [-0.05, 0) is 62.4 Å². The van der Waals surface area contributed by atoms with Gasteiger partial charge in [0.1, 0.15) is 0 Å². The van der Waals surface area contributed by atoms with Crippen LogP contribution in [0.5, 0.6) is 0 Å². The molecule has 5 heteroatoms. The van der Waals surface area contributed by atoms with E-state index >= 15 is 0 Å². The molecule has 4 rings (SSSR count). The highest BCUT2D eigenvalue weighted by Crippen LogP contribution is 2.32. The minimum Gasteiger partial charge on any atom is -0.346 e. The minimum atomic E-state index is -3.62. The molecular weight excluding hydrogens is 416 g/mol. The smallest absolute Gasteiger partial charge is 0.244 e. The lowest BCUT2D eigenvalue weighted by Gasteiger charge is -2.34. The summed E-state index contributed by atoms with van der Waals surface area (Å²) in [7, 11) is -3.62. The normalized spacial score (nSPS) is 15.4. The van der Waals surface area contributed by atoms with Crippen molar-refractivity contribution in [3.8, 4) is 0 Å². The lowest BCUT2D eigenvalue weighted by molar-refractivity contribution is 0.244. The van der Waals surface area contributed by atoms with Gasteiger partial charge in [0.25, 0.3) is 0 Å². The molecule has 1 aromatic heterocycles. The molecule has 0 radical (unpaired) electrons. The molecule has 0 bridgehead atoms. The summed E-state index contributed by atoms with van der Waals surface area (Å²) in [5.41, 5.74) is 5.01. The molecule has 1 aliphatic carbocycles. The molecule has 4 nitrogen and oxygen atoms in total. The maximum absolute atomic E-state index is 14.1. The maximum Gasteiger partial charge on any atom is 0.244 e. The van der Waals surface area contributed by atoms with Crippen molar-refractivity contribution >= 4 is 10.0 Å². The van der Waals surface area contributed by atoms with Gasteiger partial charge in [0.2, 0.25) is 10.0 Å². The largest absolute Gasteiger partial charge is 0.346 e. The number of rotatable bonds is 7. The lowest BCUT2D eigenvalue weighted by atomic mass is 9.95. The van der Waals surface area contributed by atoms with E-state index in [-0.39, 0.29) is 6.04 Å². The molecule has 1 saturated carbocycles. The van der Waals surface area contributed by atoms with E-state index in [9.17, 15) is 8.42 Å². The number of sulfonamides is 1. The Morgan fingerprint density at radius 1 is 0.906 bits per heavy atom. The first-order valence-electron chi connectivity index (χ1n) is 11.6. The topological polar surface area (TPSA) is 42.3 Å². The highest BCUT2D eigenvalue weighted by molar-refractivity contribution is 7.89. The molecular formula is C27H34N2O2S. The molecule has 170 valence electrons. The maximum atomic E-state index is 14.1. The minimum absolute atomic E-state index is 0.0499. The first-order chi connectivity index (χ1) is 15.4. The number of hydrogen-bond donors (Lipinski definition) is 0. The highest BCUT2D eigenvalue weighted by atomic mass is 32.2. The third-order valence-electron chi connectivity index (χ3n) is 6.59. The molecule has 1 fully saturated rings. The summed E-state index contributed by atoms with van der Waals surface area (Å²) in [6.07, 6.45) is 7.29. The zero-order valence-corrected chi connectivity index (χ0v) is 20.2. The van der Waals surface area contributed by atoms with E-state index < -0.39 is 10.0 Å². The van der Waals surface area contributed by atoms with Crippen LogP contribution in [0.2, 0.25) is 0 Å². The molecule has 1 heterocycles. The standard InChI is InChI=1S/C27H34N2O2S/c1-21-17-22(2)27(23(3)18-21)32(30,31)29(25-13-8-5-9-14-25)20-26-15-10-16-28(26)19-24-11-6-4-7-12-24/h4,6-7,10-12,15-18,25H,5,8-9,13-14,19-20H2,1-3H3. The van der Waals surface area contributed by atoms with Crippen molar-refractivity contribution in [1.29, 1.82) is 0 Å². The first-order valence-corrected chi connectivity index (χ1v) is 13.1. The molecule has 3 aromatic rings. The molecule has 0 aliphatic heterocycles. The quantitative estimate of drug-likeness (QED) is 0.444. The number of nitrogens with zero attached hydrogens (tertiary/aromatic N) is 2. The van der Waals surface area contributed by atoms with Crippen molar-refractivity contribution in [2.45, 2.75) is 76.9 Å². The molecule has 0 spiro atoms. The third kappa shape index (κ3) is 4.84. The Morgan fingerprint density at radius 2 is 1.56 bits per heavy atom. The molecule has 1 aliphatic rings. The van der Waals surface area contributed by atoms with E-state index in [1.165, 1.54) is 12.0 Å². The van der Waals surface area contributed by atoms with Gasteiger partial charge < -0.3 is 4.57 Å². The van der Waals surface area contributed by atoms with Crippen molar-refractivity contribution in [2.75, 3.05) is 0 Å². The predicted octanol–water partition coefficient (Wildman–Crippen LogP) is 5.99. The van der Waals surface area contributed by atoms with E-state index in [1.54, 1.807) is 4.31 Å². The fourth-order valence-electron chi connectivity index (χ4n) is 5.16. The number of aromatic nitrogens is 1. The zero-order chi connectivity index (χ0) is 22.7. The van der Waals surface area contributed by atoms with E-state index in [1.807, 2.05) is 57.2 Å². The summed E-state index contributed by atoms with van der Waals surface area (Å²) in [6, 6.07) is 18.4. The Morgan fingerprint density at radius 3 is 2.22 bits per heavy atom. The van der Waals surface area contributed by atoms with Crippen molar-refractivity contribution < 1.29 is 8.42 Å². The fourth-order valence-corrected chi connectivity index (χ4v) is 7.23. The summed E-state index contributed by atoms with van der Waals surface area (Å²) < 4.78 is 32.2. The summed E-state index contributed by atoms with van der Waals surface area (Å²) in [5, 5.41) is 0. The molecule has 0 unspecified atom stereocenters. The van der Waals surface area contributed by atoms with Gasteiger partial charge in [-0.2, -0.15) is 4.31 Å². The van der Waals surface area contributed by atoms with Crippen LogP contribution in [0.15, 0.2) is 65.7 Å². The molecule has 0 atom stereocenters. The van der Waals surface area contributed by atoms with Crippen LogP contribution < -0.4 is 0 Å². The van der Waals surface area contributed by atoms with E-state index in [4.69, 9.17) is 0 Å². The second-order valence-electron chi connectivity index (χ2n) is 9.18. The third-order valence-corrected chi connectivity index (χ3v) is 8.79. The number of benzene rings is 2.